The van der Waals surface area contributed by atoms with Crippen molar-refractivity contribution >= 4 is 11.7 Å². The number of carbonyl (C=O) groups excluding carboxylic acids is 1. The number of ether oxygens (including phenoxy) is 1. The van der Waals surface area contributed by atoms with Crippen LogP contribution >= 0.6 is 0 Å². The first-order valence-corrected chi connectivity index (χ1v) is 6.74. The lowest BCUT2D eigenvalue weighted by Gasteiger charge is -2.26. The minimum atomic E-state index is -0.386. The Hall–Kier alpha value is -2.56. The summed E-state index contributed by atoms with van der Waals surface area (Å²) >= 11 is 0. The molecule has 2 amide bonds. The summed E-state index contributed by atoms with van der Waals surface area (Å²) in [4.78, 5) is 11.9. The summed E-state index contributed by atoms with van der Waals surface area (Å²) in [6.45, 7) is 0.424. The molecule has 0 aromatic heterocycles. The molecule has 0 fully saturated rings. The quantitative estimate of drug-likeness (QED) is 0.891. The number of amides is 2. The smallest absolute Gasteiger partial charge is 0.319 e. The monoisotopic (exact) mass is 286 g/mol. The summed E-state index contributed by atoms with van der Waals surface area (Å²) in [7, 11) is 0. The minimum Gasteiger partial charge on any atom is -0.491 e. The molecule has 0 saturated carbocycles. The molecule has 1 heterocycles. The predicted octanol–water partition coefficient (Wildman–Crippen LogP) is 2.95. The molecule has 2 aromatic rings. The van der Waals surface area contributed by atoms with E-state index in [9.17, 15) is 9.18 Å². The van der Waals surface area contributed by atoms with Crippen LogP contribution in [0.15, 0.2) is 48.5 Å². The van der Waals surface area contributed by atoms with Crippen LogP contribution in [-0.4, -0.2) is 18.7 Å². The molecule has 0 spiro atoms. The summed E-state index contributed by atoms with van der Waals surface area (Å²) in [5.74, 6) is 0.476. The molecule has 0 unspecified atom stereocenters. The number of para-hydroxylation sites is 1. The fraction of sp³-hybridized carbons (Fsp3) is 0.188. The third-order valence-corrected chi connectivity index (χ3v) is 3.30. The van der Waals surface area contributed by atoms with Crippen LogP contribution in [0.2, 0.25) is 0 Å². The van der Waals surface area contributed by atoms with Crippen molar-refractivity contribution in [3.63, 3.8) is 0 Å². The van der Waals surface area contributed by atoms with Crippen LogP contribution in [0.5, 0.6) is 5.75 Å². The first kappa shape index (κ1) is 13.4. The van der Waals surface area contributed by atoms with Crippen molar-refractivity contribution in [1.29, 1.82) is 0 Å². The van der Waals surface area contributed by atoms with Crippen molar-refractivity contribution in [2.24, 2.45) is 0 Å². The lowest BCUT2D eigenvalue weighted by Crippen LogP contribution is -2.44. The van der Waals surface area contributed by atoms with Crippen LogP contribution in [0, 0.1) is 5.82 Å². The fourth-order valence-corrected chi connectivity index (χ4v) is 2.34. The standard InChI is InChI=1S/C16H15FN2O2/c17-12-5-3-6-13(9-12)18-16(20)19-14-8-11-4-1-2-7-15(11)21-10-14/h1-7,9,14H,8,10H2,(H2,18,19,20)/t14-/m0/s1. The Morgan fingerprint density at radius 1 is 1.19 bits per heavy atom. The van der Waals surface area contributed by atoms with E-state index < -0.39 is 0 Å². The van der Waals surface area contributed by atoms with Gasteiger partial charge in [-0.15, -0.1) is 0 Å². The van der Waals surface area contributed by atoms with Crippen molar-refractivity contribution in [2.75, 3.05) is 11.9 Å². The molecule has 1 aliphatic heterocycles. The number of benzene rings is 2. The Balaban J connectivity index is 1.59. The molecule has 1 atom stereocenters. The Bertz CT molecular complexity index is 660. The van der Waals surface area contributed by atoms with E-state index >= 15 is 0 Å². The molecule has 3 rings (SSSR count). The van der Waals surface area contributed by atoms with Gasteiger partial charge < -0.3 is 15.4 Å². The van der Waals surface area contributed by atoms with Gasteiger partial charge in [0.15, 0.2) is 0 Å². The van der Waals surface area contributed by atoms with E-state index in [2.05, 4.69) is 10.6 Å². The van der Waals surface area contributed by atoms with E-state index in [0.29, 0.717) is 18.7 Å². The average Bonchev–Trinajstić information content (AvgIpc) is 2.47. The normalized spacial score (nSPS) is 16.5. The SMILES string of the molecule is O=C(Nc1cccc(F)c1)N[C@@H]1COc2ccccc2C1. The third kappa shape index (κ3) is 3.31. The number of anilines is 1. The van der Waals surface area contributed by atoms with Gasteiger partial charge in [-0.2, -0.15) is 0 Å². The van der Waals surface area contributed by atoms with E-state index in [4.69, 9.17) is 4.74 Å². The zero-order valence-corrected chi connectivity index (χ0v) is 11.3. The van der Waals surface area contributed by atoms with E-state index in [1.807, 2.05) is 24.3 Å². The second-order valence-electron chi connectivity index (χ2n) is 4.93. The number of rotatable bonds is 2. The van der Waals surface area contributed by atoms with Crippen molar-refractivity contribution in [1.82, 2.24) is 5.32 Å². The summed E-state index contributed by atoms with van der Waals surface area (Å²) in [6, 6.07) is 13.1. The van der Waals surface area contributed by atoms with Crippen LogP contribution in [-0.2, 0) is 6.42 Å². The Morgan fingerprint density at radius 2 is 2.05 bits per heavy atom. The fourth-order valence-electron chi connectivity index (χ4n) is 2.34. The highest BCUT2D eigenvalue weighted by Crippen LogP contribution is 2.23. The summed E-state index contributed by atoms with van der Waals surface area (Å²) in [5.41, 5.74) is 1.49. The van der Waals surface area contributed by atoms with Crippen LogP contribution < -0.4 is 15.4 Å². The molecule has 108 valence electrons. The highest BCUT2D eigenvalue weighted by atomic mass is 19.1. The van der Waals surface area contributed by atoms with E-state index in [0.717, 1.165) is 11.3 Å². The van der Waals surface area contributed by atoms with Gasteiger partial charge >= 0.3 is 6.03 Å². The van der Waals surface area contributed by atoms with Crippen molar-refractivity contribution in [3.8, 4) is 5.75 Å². The number of hydrogen-bond acceptors (Lipinski definition) is 2. The summed E-state index contributed by atoms with van der Waals surface area (Å²) in [6.07, 6.45) is 0.715. The van der Waals surface area contributed by atoms with Gasteiger partial charge in [0.25, 0.3) is 0 Å². The zero-order valence-electron chi connectivity index (χ0n) is 11.3. The molecular formula is C16H15FN2O2. The van der Waals surface area contributed by atoms with E-state index in [-0.39, 0.29) is 17.9 Å². The van der Waals surface area contributed by atoms with Crippen LogP contribution in [0.1, 0.15) is 5.56 Å². The molecule has 21 heavy (non-hydrogen) atoms. The maximum Gasteiger partial charge on any atom is 0.319 e. The number of fused-ring (bicyclic) bond motifs is 1. The van der Waals surface area contributed by atoms with Gasteiger partial charge in [0.1, 0.15) is 18.2 Å². The minimum absolute atomic E-state index is 0.103. The highest BCUT2D eigenvalue weighted by molar-refractivity contribution is 5.89. The largest absolute Gasteiger partial charge is 0.491 e. The van der Waals surface area contributed by atoms with E-state index in [1.54, 1.807) is 12.1 Å². The summed E-state index contributed by atoms with van der Waals surface area (Å²) in [5, 5.41) is 5.44. The lowest BCUT2D eigenvalue weighted by atomic mass is 10.0. The molecule has 5 heteroatoms. The third-order valence-electron chi connectivity index (χ3n) is 3.30. The molecule has 4 nitrogen and oxygen atoms in total. The average molecular weight is 286 g/mol. The summed E-state index contributed by atoms with van der Waals surface area (Å²) < 4.78 is 18.7. The first-order valence-electron chi connectivity index (χ1n) is 6.74. The van der Waals surface area contributed by atoms with E-state index in [1.165, 1.54) is 12.1 Å². The first-order chi connectivity index (χ1) is 10.2. The van der Waals surface area contributed by atoms with Gasteiger partial charge in [-0.1, -0.05) is 24.3 Å². The van der Waals surface area contributed by atoms with Gasteiger partial charge in [0, 0.05) is 5.69 Å². The van der Waals surface area contributed by atoms with Crippen molar-refractivity contribution in [2.45, 2.75) is 12.5 Å². The molecule has 0 radical (unpaired) electrons. The number of nitrogens with one attached hydrogen (secondary N) is 2. The van der Waals surface area contributed by atoms with Crippen molar-refractivity contribution < 1.29 is 13.9 Å². The molecule has 0 bridgehead atoms. The Morgan fingerprint density at radius 3 is 2.90 bits per heavy atom. The second kappa shape index (κ2) is 5.83. The number of carbonyl (C=O) groups is 1. The predicted molar refractivity (Wildman–Crippen MR) is 78.0 cm³/mol. The molecule has 2 aromatic carbocycles. The Labute approximate surface area is 121 Å². The van der Waals surface area contributed by atoms with Gasteiger partial charge in [-0.25, -0.2) is 9.18 Å². The van der Waals surface area contributed by atoms with Gasteiger partial charge in [-0.3, -0.25) is 0 Å². The van der Waals surface area contributed by atoms with Crippen LogP contribution in [0.3, 0.4) is 0 Å². The van der Waals surface area contributed by atoms with Gasteiger partial charge in [0.2, 0.25) is 0 Å². The lowest BCUT2D eigenvalue weighted by molar-refractivity contribution is 0.222. The zero-order chi connectivity index (χ0) is 14.7. The molecule has 0 saturated heterocycles. The molecular weight excluding hydrogens is 271 g/mol. The number of urea groups is 1. The van der Waals surface area contributed by atoms with Crippen LogP contribution in [0.25, 0.3) is 0 Å². The Kier molecular flexibility index (Phi) is 3.73. The topological polar surface area (TPSA) is 50.4 Å². The maximum atomic E-state index is 13.0. The van der Waals surface area contributed by atoms with Gasteiger partial charge in [-0.05, 0) is 36.2 Å². The van der Waals surface area contributed by atoms with Gasteiger partial charge in [0.05, 0.1) is 6.04 Å². The highest BCUT2D eigenvalue weighted by Gasteiger charge is 2.20. The number of hydrogen-bond donors (Lipinski definition) is 2. The maximum absolute atomic E-state index is 13.0. The molecule has 1 aliphatic rings. The molecule has 0 aliphatic carbocycles. The molecule has 2 N–H and O–H groups in total. The van der Waals surface area contributed by atoms with Crippen molar-refractivity contribution in [3.05, 3.63) is 59.9 Å². The van der Waals surface area contributed by atoms with Crippen LogP contribution in [0.4, 0.5) is 14.9 Å². The number of halogens is 1. The second-order valence-corrected chi connectivity index (χ2v) is 4.93.